The van der Waals surface area contributed by atoms with Gasteiger partial charge < -0.3 is 19.7 Å². The summed E-state index contributed by atoms with van der Waals surface area (Å²) in [5.74, 6) is 0.798. The molecule has 0 saturated carbocycles. The monoisotopic (exact) mass is 523 g/mol. The number of carbonyl (C=O) groups is 1. The maximum Gasteiger partial charge on any atom is 0.253 e. The third kappa shape index (κ3) is 6.61. The number of amides is 1. The first kappa shape index (κ1) is 26.5. The highest BCUT2D eigenvalue weighted by atomic mass is 32.2. The summed E-state index contributed by atoms with van der Waals surface area (Å²) in [6, 6.07) is 21.3. The molecule has 1 fully saturated rings. The van der Waals surface area contributed by atoms with Gasteiger partial charge in [-0.15, -0.1) is 0 Å². The van der Waals surface area contributed by atoms with Crippen molar-refractivity contribution in [2.45, 2.75) is 24.1 Å². The molecular formula is C28H33N3O5S. The van der Waals surface area contributed by atoms with Crippen molar-refractivity contribution in [1.29, 1.82) is 0 Å². The normalized spacial score (nSPS) is 18.1. The number of piperidine rings is 1. The van der Waals surface area contributed by atoms with Crippen molar-refractivity contribution in [2.24, 2.45) is 0 Å². The average molecular weight is 524 g/mol. The number of hydrogen-bond acceptors (Lipinski definition) is 6. The van der Waals surface area contributed by atoms with E-state index in [0.29, 0.717) is 17.1 Å². The number of likely N-dealkylation sites (N-methyl/N-ethyl adjacent to an activating group) is 1. The van der Waals surface area contributed by atoms with E-state index in [1.54, 1.807) is 62.8 Å². The molecule has 0 aliphatic carbocycles. The molecule has 0 aromatic heterocycles. The van der Waals surface area contributed by atoms with Crippen LogP contribution >= 0.6 is 0 Å². The Kier molecular flexibility index (Phi) is 8.35. The minimum absolute atomic E-state index is 0.0180. The van der Waals surface area contributed by atoms with Crippen molar-refractivity contribution in [3.05, 3.63) is 89.5 Å². The molecule has 2 atom stereocenters. The number of nitrogens with one attached hydrogen (secondary N) is 2. The second kappa shape index (κ2) is 11.7. The smallest absolute Gasteiger partial charge is 0.253 e. The third-order valence-electron chi connectivity index (χ3n) is 6.60. The van der Waals surface area contributed by atoms with Gasteiger partial charge in [-0.2, -0.15) is 0 Å². The Morgan fingerprint density at radius 2 is 1.68 bits per heavy atom. The molecule has 0 radical (unpaired) electrons. The fourth-order valence-electron chi connectivity index (χ4n) is 4.72. The molecule has 1 heterocycles. The van der Waals surface area contributed by atoms with E-state index in [2.05, 4.69) is 22.0 Å². The van der Waals surface area contributed by atoms with Gasteiger partial charge in [0.05, 0.1) is 31.2 Å². The second-order valence-electron chi connectivity index (χ2n) is 9.24. The molecule has 37 heavy (non-hydrogen) atoms. The number of para-hydroxylation sites is 1. The van der Waals surface area contributed by atoms with Gasteiger partial charge in [-0.05, 0) is 55.4 Å². The molecule has 4 rings (SSSR count). The summed E-state index contributed by atoms with van der Waals surface area (Å²) < 4.78 is 39.2. The third-order valence-corrected chi connectivity index (χ3v) is 7.85. The predicted octanol–water partition coefficient (Wildman–Crippen LogP) is 3.86. The van der Waals surface area contributed by atoms with Crippen LogP contribution in [0.15, 0.2) is 72.8 Å². The summed E-state index contributed by atoms with van der Waals surface area (Å²) in [6.07, 6.45) is 0.753. The molecule has 9 heteroatoms. The molecule has 1 saturated heterocycles. The summed E-state index contributed by atoms with van der Waals surface area (Å²) in [4.78, 5) is 15.7. The summed E-state index contributed by atoms with van der Waals surface area (Å²) in [5.41, 5.74) is 2.24. The highest BCUT2D eigenvalue weighted by molar-refractivity contribution is 7.91. The van der Waals surface area contributed by atoms with Crippen molar-refractivity contribution in [1.82, 2.24) is 10.2 Å². The van der Waals surface area contributed by atoms with Gasteiger partial charge in [-0.25, -0.2) is 8.42 Å². The van der Waals surface area contributed by atoms with Crippen LogP contribution in [0.1, 0.15) is 33.8 Å². The zero-order valence-corrected chi connectivity index (χ0v) is 22.1. The Morgan fingerprint density at radius 3 is 2.41 bits per heavy atom. The molecule has 3 aromatic carbocycles. The van der Waals surface area contributed by atoms with Gasteiger partial charge in [-0.3, -0.25) is 9.52 Å². The number of likely N-dealkylation sites (tertiary alicyclic amines) is 1. The number of methoxy groups -OCH3 is 2. The van der Waals surface area contributed by atoms with Gasteiger partial charge in [0, 0.05) is 18.5 Å². The van der Waals surface area contributed by atoms with E-state index in [4.69, 9.17) is 9.47 Å². The van der Waals surface area contributed by atoms with E-state index in [-0.39, 0.29) is 34.9 Å². The lowest BCUT2D eigenvalue weighted by molar-refractivity contribution is 0.0905. The lowest BCUT2D eigenvalue weighted by Gasteiger charge is -2.37. The molecule has 3 aromatic rings. The minimum atomic E-state index is -3.71. The molecule has 0 spiro atoms. The minimum Gasteiger partial charge on any atom is -0.493 e. The standard InChI is InChI=1S/C28H33N3O5S/c1-31-16-15-24(23(18-31)21-13-14-26(35-2)27(17-21)36-3)29-28(32)22-11-7-8-12-25(22)30-37(33,34)19-20-9-5-4-6-10-20/h4-14,17,23-24,30H,15-16,18-19H2,1-3H3,(H,29,32). The van der Waals surface area contributed by atoms with Crippen LogP contribution in [0.4, 0.5) is 5.69 Å². The number of nitrogens with zero attached hydrogens (tertiary/aromatic N) is 1. The van der Waals surface area contributed by atoms with E-state index < -0.39 is 10.0 Å². The van der Waals surface area contributed by atoms with Crippen LogP contribution in [0.3, 0.4) is 0 Å². The summed E-state index contributed by atoms with van der Waals surface area (Å²) in [5, 5.41) is 3.17. The van der Waals surface area contributed by atoms with Crippen LogP contribution in [0.25, 0.3) is 0 Å². The lowest BCUT2D eigenvalue weighted by atomic mass is 9.85. The van der Waals surface area contributed by atoms with E-state index in [1.807, 2.05) is 24.3 Å². The molecular weight excluding hydrogens is 490 g/mol. The van der Waals surface area contributed by atoms with Crippen molar-refractivity contribution in [2.75, 3.05) is 39.1 Å². The van der Waals surface area contributed by atoms with Crippen LogP contribution < -0.4 is 19.5 Å². The van der Waals surface area contributed by atoms with Crippen molar-refractivity contribution in [3.8, 4) is 11.5 Å². The fourth-order valence-corrected chi connectivity index (χ4v) is 5.94. The molecule has 2 N–H and O–H groups in total. The summed E-state index contributed by atoms with van der Waals surface area (Å²) in [6.45, 7) is 1.59. The second-order valence-corrected chi connectivity index (χ2v) is 11.0. The van der Waals surface area contributed by atoms with E-state index in [1.165, 1.54) is 0 Å². The zero-order valence-electron chi connectivity index (χ0n) is 21.3. The van der Waals surface area contributed by atoms with Gasteiger partial charge in [0.15, 0.2) is 11.5 Å². The van der Waals surface area contributed by atoms with Gasteiger partial charge in [0.25, 0.3) is 5.91 Å². The number of sulfonamides is 1. The van der Waals surface area contributed by atoms with Gasteiger partial charge in [0.1, 0.15) is 0 Å². The Hall–Kier alpha value is -3.56. The maximum absolute atomic E-state index is 13.5. The van der Waals surface area contributed by atoms with E-state index in [0.717, 1.165) is 25.1 Å². The van der Waals surface area contributed by atoms with Crippen LogP contribution in [0.2, 0.25) is 0 Å². The average Bonchev–Trinajstić information content (AvgIpc) is 2.89. The number of ether oxygens (including phenoxy) is 2. The summed E-state index contributed by atoms with van der Waals surface area (Å²) in [7, 11) is 1.54. The Morgan fingerprint density at radius 1 is 0.973 bits per heavy atom. The number of rotatable bonds is 9. The first-order valence-corrected chi connectivity index (χ1v) is 13.8. The van der Waals surface area contributed by atoms with Crippen LogP contribution in [-0.2, 0) is 15.8 Å². The number of carbonyl (C=O) groups excluding carboxylic acids is 1. The lowest BCUT2D eigenvalue weighted by Crippen LogP contribution is -2.48. The van der Waals surface area contributed by atoms with E-state index >= 15 is 0 Å². The van der Waals surface area contributed by atoms with Crippen molar-refractivity contribution in [3.63, 3.8) is 0 Å². The highest BCUT2D eigenvalue weighted by Gasteiger charge is 2.31. The predicted molar refractivity (Wildman–Crippen MR) is 145 cm³/mol. The highest BCUT2D eigenvalue weighted by Crippen LogP contribution is 2.34. The topological polar surface area (TPSA) is 97.0 Å². The molecule has 2 unspecified atom stereocenters. The Labute approximate surface area is 218 Å². The van der Waals surface area contributed by atoms with E-state index in [9.17, 15) is 13.2 Å². The molecule has 8 nitrogen and oxygen atoms in total. The van der Waals surface area contributed by atoms with Crippen LogP contribution in [0.5, 0.6) is 11.5 Å². The van der Waals surface area contributed by atoms with Crippen LogP contribution in [-0.4, -0.2) is 59.6 Å². The molecule has 1 aliphatic heterocycles. The Balaban J connectivity index is 1.54. The number of hydrogen-bond donors (Lipinski definition) is 2. The largest absolute Gasteiger partial charge is 0.493 e. The molecule has 196 valence electrons. The number of anilines is 1. The SMILES string of the molecule is COc1ccc(C2CN(C)CCC2NC(=O)c2ccccc2NS(=O)(=O)Cc2ccccc2)cc1OC. The molecule has 1 aliphatic rings. The fraction of sp³-hybridized carbons (Fsp3) is 0.321. The maximum atomic E-state index is 13.5. The van der Waals surface area contributed by atoms with Crippen molar-refractivity contribution < 1.29 is 22.7 Å². The first-order valence-electron chi connectivity index (χ1n) is 12.1. The molecule has 0 bridgehead atoms. The number of benzene rings is 3. The Bertz CT molecular complexity index is 1330. The van der Waals surface area contributed by atoms with Crippen molar-refractivity contribution >= 4 is 21.6 Å². The first-order chi connectivity index (χ1) is 17.8. The zero-order chi connectivity index (χ0) is 26.4. The van der Waals surface area contributed by atoms with Gasteiger partial charge in [-0.1, -0.05) is 48.5 Å². The molecule has 1 amide bonds. The van der Waals surface area contributed by atoms with Gasteiger partial charge >= 0.3 is 0 Å². The van der Waals surface area contributed by atoms with Gasteiger partial charge in [0.2, 0.25) is 10.0 Å². The van der Waals surface area contributed by atoms with Crippen LogP contribution in [0, 0.1) is 0 Å². The quantitative estimate of drug-likeness (QED) is 0.442. The summed E-state index contributed by atoms with van der Waals surface area (Å²) >= 11 is 0.